The molecule has 12 heavy (non-hydrogen) atoms. The van der Waals surface area contributed by atoms with Crippen molar-refractivity contribution in [2.24, 2.45) is 0 Å². The van der Waals surface area contributed by atoms with E-state index in [9.17, 15) is 9.59 Å². The summed E-state index contributed by atoms with van der Waals surface area (Å²) in [6.45, 7) is 1.20. The Hall–Kier alpha value is -1.10. The predicted molar refractivity (Wildman–Crippen MR) is 43.8 cm³/mol. The second-order valence-corrected chi connectivity index (χ2v) is 2.49. The largest absolute Gasteiger partial charge is 0.481 e. The zero-order valence-electron chi connectivity index (χ0n) is 7.33. The van der Waals surface area contributed by atoms with Gasteiger partial charge in [0.2, 0.25) is 5.91 Å². The van der Waals surface area contributed by atoms with Crippen molar-refractivity contribution in [1.29, 1.82) is 0 Å². The minimum Gasteiger partial charge on any atom is -0.481 e. The molecule has 5 heteroatoms. The number of rotatable bonds is 5. The molecule has 0 radical (unpaired) electrons. The summed E-state index contributed by atoms with van der Waals surface area (Å²) in [5.41, 5.74) is 0. The van der Waals surface area contributed by atoms with Gasteiger partial charge in [0.05, 0.1) is 0 Å². The molecule has 0 aliphatic heterocycles. The van der Waals surface area contributed by atoms with Gasteiger partial charge in [-0.3, -0.25) is 9.59 Å². The van der Waals surface area contributed by atoms with Gasteiger partial charge in [0, 0.05) is 20.1 Å². The minimum atomic E-state index is -1.09. The molecule has 0 aromatic rings. The summed E-state index contributed by atoms with van der Waals surface area (Å²) in [5, 5.41) is 11.2. The van der Waals surface area contributed by atoms with Crippen molar-refractivity contribution in [1.82, 2.24) is 10.2 Å². The number of amides is 1. The first-order valence-corrected chi connectivity index (χ1v) is 3.68. The van der Waals surface area contributed by atoms with Crippen LogP contribution in [0.2, 0.25) is 0 Å². The number of carbonyl (C=O) groups excluding carboxylic acids is 1. The maximum atomic E-state index is 11.0. The topological polar surface area (TPSA) is 69.6 Å². The van der Waals surface area contributed by atoms with Crippen molar-refractivity contribution < 1.29 is 14.7 Å². The first-order chi connectivity index (χ1) is 5.57. The molecule has 0 aliphatic rings. The summed E-state index contributed by atoms with van der Waals surface area (Å²) < 4.78 is 0. The number of likely N-dealkylation sites (N-methyl/N-ethyl adjacent to an activating group) is 2. The lowest BCUT2D eigenvalue weighted by atomic mass is 10.4. The van der Waals surface area contributed by atoms with E-state index in [0.29, 0.717) is 13.1 Å². The summed E-state index contributed by atoms with van der Waals surface area (Å²) in [6, 6.07) is 0. The highest BCUT2D eigenvalue weighted by Gasteiger charge is 2.11. The third-order valence-electron chi connectivity index (χ3n) is 1.43. The highest BCUT2D eigenvalue weighted by atomic mass is 16.4. The molecular weight excluding hydrogens is 160 g/mol. The van der Waals surface area contributed by atoms with Gasteiger partial charge in [-0.1, -0.05) is 0 Å². The van der Waals surface area contributed by atoms with Crippen LogP contribution in [-0.4, -0.2) is 49.1 Å². The van der Waals surface area contributed by atoms with Gasteiger partial charge in [0.15, 0.2) is 0 Å². The number of hydrogen-bond acceptors (Lipinski definition) is 3. The fourth-order valence-electron chi connectivity index (χ4n) is 0.669. The molecule has 0 aliphatic carbocycles. The molecule has 0 saturated carbocycles. The van der Waals surface area contributed by atoms with E-state index in [4.69, 9.17) is 5.11 Å². The molecule has 0 heterocycles. The van der Waals surface area contributed by atoms with E-state index in [0.717, 1.165) is 0 Å². The van der Waals surface area contributed by atoms with E-state index < -0.39 is 12.4 Å². The quantitative estimate of drug-likeness (QED) is 0.532. The third-order valence-corrected chi connectivity index (χ3v) is 1.43. The molecule has 0 aromatic heterocycles. The SMILES string of the molecule is CNCCN(C)C(=O)CC(=O)O. The standard InChI is InChI=1S/C7H14N2O3/c1-8-3-4-9(2)6(10)5-7(11)12/h8H,3-5H2,1-2H3,(H,11,12). The van der Waals surface area contributed by atoms with Gasteiger partial charge in [-0.15, -0.1) is 0 Å². The summed E-state index contributed by atoms with van der Waals surface area (Å²) in [5.74, 6) is -1.45. The second kappa shape index (κ2) is 5.54. The Kier molecular flexibility index (Phi) is 5.03. The van der Waals surface area contributed by atoms with Crippen molar-refractivity contribution in [2.45, 2.75) is 6.42 Å². The molecule has 0 bridgehead atoms. The van der Waals surface area contributed by atoms with Gasteiger partial charge >= 0.3 is 5.97 Å². The van der Waals surface area contributed by atoms with Crippen LogP contribution in [-0.2, 0) is 9.59 Å². The van der Waals surface area contributed by atoms with Crippen LogP contribution in [0.1, 0.15) is 6.42 Å². The van der Waals surface area contributed by atoms with Crippen molar-refractivity contribution in [3.05, 3.63) is 0 Å². The van der Waals surface area contributed by atoms with E-state index >= 15 is 0 Å². The second-order valence-electron chi connectivity index (χ2n) is 2.49. The number of carboxylic acids is 1. The average molecular weight is 174 g/mol. The zero-order chi connectivity index (χ0) is 9.56. The van der Waals surface area contributed by atoms with Crippen LogP contribution in [0.5, 0.6) is 0 Å². The molecule has 1 amide bonds. The van der Waals surface area contributed by atoms with Gasteiger partial charge < -0.3 is 15.3 Å². The van der Waals surface area contributed by atoms with Crippen molar-refractivity contribution >= 4 is 11.9 Å². The maximum Gasteiger partial charge on any atom is 0.312 e. The van der Waals surface area contributed by atoms with Crippen molar-refractivity contribution in [3.8, 4) is 0 Å². The molecule has 5 nitrogen and oxygen atoms in total. The molecule has 0 spiro atoms. The van der Waals surface area contributed by atoms with Crippen LogP contribution in [0, 0.1) is 0 Å². The molecule has 0 saturated heterocycles. The van der Waals surface area contributed by atoms with Crippen LogP contribution in [0.4, 0.5) is 0 Å². The lowest BCUT2D eigenvalue weighted by Crippen LogP contribution is -2.33. The Morgan fingerprint density at radius 1 is 1.50 bits per heavy atom. The molecule has 2 N–H and O–H groups in total. The van der Waals surface area contributed by atoms with Crippen molar-refractivity contribution in [2.75, 3.05) is 27.2 Å². The summed E-state index contributed by atoms with van der Waals surface area (Å²) in [4.78, 5) is 22.5. The molecule has 0 atom stereocenters. The normalized spacial score (nSPS) is 9.50. The summed E-state index contributed by atoms with van der Waals surface area (Å²) in [7, 11) is 3.36. The molecule has 0 unspecified atom stereocenters. The highest BCUT2D eigenvalue weighted by molar-refractivity contribution is 5.93. The Balaban J connectivity index is 3.69. The van der Waals surface area contributed by atoms with Gasteiger partial charge in [-0.05, 0) is 7.05 Å². The highest BCUT2D eigenvalue weighted by Crippen LogP contribution is 1.89. The van der Waals surface area contributed by atoms with Crippen LogP contribution in [0.15, 0.2) is 0 Å². The van der Waals surface area contributed by atoms with Gasteiger partial charge in [0.25, 0.3) is 0 Å². The fraction of sp³-hybridized carbons (Fsp3) is 0.714. The number of aliphatic carboxylic acids is 1. The predicted octanol–water partition coefficient (Wildman–Crippen LogP) is -0.861. The summed E-state index contributed by atoms with van der Waals surface area (Å²) in [6.07, 6.45) is -0.430. The van der Waals surface area contributed by atoms with E-state index in [1.165, 1.54) is 4.90 Å². The molecule has 70 valence electrons. The Labute approximate surface area is 71.4 Å². The lowest BCUT2D eigenvalue weighted by Gasteiger charge is -2.15. The van der Waals surface area contributed by atoms with Crippen LogP contribution >= 0.6 is 0 Å². The van der Waals surface area contributed by atoms with E-state index in [2.05, 4.69) is 5.32 Å². The fourth-order valence-corrected chi connectivity index (χ4v) is 0.669. The van der Waals surface area contributed by atoms with Crippen LogP contribution in [0.3, 0.4) is 0 Å². The van der Waals surface area contributed by atoms with Gasteiger partial charge in [0.1, 0.15) is 6.42 Å². The smallest absolute Gasteiger partial charge is 0.312 e. The Morgan fingerprint density at radius 2 is 2.08 bits per heavy atom. The van der Waals surface area contributed by atoms with Crippen molar-refractivity contribution in [3.63, 3.8) is 0 Å². The molecular formula is C7H14N2O3. The monoisotopic (exact) mass is 174 g/mol. The number of carboxylic acid groups (broad SMARTS) is 1. The lowest BCUT2D eigenvalue weighted by molar-refractivity contribution is -0.143. The van der Waals surface area contributed by atoms with Gasteiger partial charge in [-0.25, -0.2) is 0 Å². The molecule has 0 aromatic carbocycles. The average Bonchev–Trinajstić information content (AvgIpc) is 1.98. The number of carbonyl (C=O) groups is 2. The first kappa shape index (κ1) is 10.9. The Bertz CT molecular complexity index is 170. The zero-order valence-corrected chi connectivity index (χ0v) is 7.33. The Morgan fingerprint density at radius 3 is 2.50 bits per heavy atom. The number of hydrogen-bond donors (Lipinski definition) is 2. The van der Waals surface area contributed by atoms with Crippen LogP contribution < -0.4 is 5.32 Å². The maximum absolute atomic E-state index is 11.0. The van der Waals surface area contributed by atoms with Gasteiger partial charge in [-0.2, -0.15) is 0 Å². The minimum absolute atomic E-state index is 0.363. The number of nitrogens with one attached hydrogen (secondary N) is 1. The first-order valence-electron chi connectivity index (χ1n) is 3.68. The molecule has 0 rings (SSSR count). The molecule has 0 fully saturated rings. The number of nitrogens with zero attached hydrogens (tertiary/aromatic N) is 1. The summed E-state index contributed by atoms with van der Waals surface area (Å²) >= 11 is 0. The van der Waals surface area contributed by atoms with E-state index in [1.807, 2.05) is 0 Å². The van der Waals surface area contributed by atoms with Crippen LogP contribution in [0.25, 0.3) is 0 Å². The van der Waals surface area contributed by atoms with E-state index in [-0.39, 0.29) is 5.91 Å². The third kappa shape index (κ3) is 4.68. The van der Waals surface area contributed by atoms with E-state index in [1.54, 1.807) is 14.1 Å².